The summed E-state index contributed by atoms with van der Waals surface area (Å²) in [7, 11) is 1.59. The van der Waals surface area contributed by atoms with Crippen molar-refractivity contribution in [3.63, 3.8) is 0 Å². The quantitative estimate of drug-likeness (QED) is 0.882. The van der Waals surface area contributed by atoms with Crippen LogP contribution in [0.3, 0.4) is 0 Å². The maximum absolute atomic E-state index is 9.20. The molecule has 1 aromatic carbocycles. The van der Waals surface area contributed by atoms with Crippen molar-refractivity contribution in [2.75, 3.05) is 12.8 Å². The molecule has 5 heteroatoms. The van der Waals surface area contributed by atoms with Crippen molar-refractivity contribution in [1.29, 1.82) is 5.26 Å². The van der Waals surface area contributed by atoms with Crippen molar-refractivity contribution >= 4 is 17.4 Å². The molecule has 3 N–H and O–H groups in total. The Hall–Kier alpha value is -2.12. The fraction of sp³-hybridized carbons (Fsp3) is 0.214. The third kappa shape index (κ3) is 2.02. The summed E-state index contributed by atoms with van der Waals surface area (Å²) in [5.74, 6) is 1.02. The van der Waals surface area contributed by atoms with Gasteiger partial charge in [0.2, 0.25) is 0 Å². The first-order chi connectivity index (χ1) is 9.01. The molecule has 0 aliphatic heterocycles. The third-order valence-corrected chi connectivity index (χ3v) is 3.74. The number of ether oxygens (including phenoxy) is 1. The summed E-state index contributed by atoms with van der Waals surface area (Å²) >= 11 is 6.28. The number of nitriles is 1. The predicted molar refractivity (Wildman–Crippen MR) is 76.4 cm³/mol. The molecule has 2 rings (SSSR count). The van der Waals surface area contributed by atoms with Gasteiger partial charge in [0, 0.05) is 22.3 Å². The first-order valence-electron chi connectivity index (χ1n) is 5.72. The summed E-state index contributed by atoms with van der Waals surface area (Å²) < 4.78 is 5.40. The van der Waals surface area contributed by atoms with Gasteiger partial charge in [0.25, 0.3) is 0 Å². The highest BCUT2D eigenvalue weighted by atomic mass is 35.5. The molecule has 0 spiro atoms. The largest absolute Gasteiger partial charge is 0.496 e. The number of methoxy groups -OCH3 is 1. The van der Waals surface area contributed by atoms with E-state index in [1.54, 1.807) is 13.3 Å². The van der Waals surface area contributed by atoms with Crippen molar-refractivity contribution < 1.29 is 4.74 Å². The Bertz CT molecular complexity index is 683. The van der Waals surface area contributed by atoms with Crippen molar-refractivity contribution in [1.82, 2.24) is 4.98 Å². The average Bonchev–Trinajstić information content (AvgIpc) is 2.76. The second-order valence-electron chi connectivity index (χ2n) is 4.31. The van der Waals surface area contributed by atoms with E-state index in [1.165, 1.54) is 0 Å². The normalized spacial score (nSPS) is 10.3. The summed E-state index contributed by atoms with van der Waals surface area (Å²) in [6.07, 6.45) is 1.70. The molecule has 0 saturated heterocycles. The third-order valence-electron chi connectivity index (χ3n) is 3.16. The monoisotopic (exact) mass is 275 g/mol. The minimum absolute atomic E-state index is 0.343. The lowest BCUT2D eigenvalue weighted by Gasteiger charge is -2.14. The smallest absolute Gasteiger partial charge is 0.127 e. The molecule has 0 saturated carbocycles. The Balaban J connectivity index is 2.82. The van der Waals surface area contributed by atoms with Crippen molar-refractivity contribution in [3.05, 3.63) is 34.0 Å². The molecule has 0 bridgehead atoms. The molecule has 0 aliphatic rings. The summed E-state index contributed by atoms with van der Waals surface area (Å²) in [5, 5.41) is 9.87. The van der Waals surface area contributed by atoms with E-state index in [-0.39, 0.29) is 0 Å². The summed E-state index contributed by atoms with van der Waals surface area (Å²) in [5.41, 5.74) is 9.45. The highest BCUT2D eigenvalue weighted by molar-refractivity contribution is 6.32. The number of halogens is 1. The van der Waals surface area contributed by atoms with Crippen LogP contribution >= 0.6 is 11.6 Å². The molecule has 19 heavy (non-hydrogen) atoms. The second kappa shape index (κ2) is 4.87. The van der Waals surface area contributed by atoms with Crippen molar-refractivity contribution in [2.45, 2.75) is 13.8 Å². The number of H-pyrrole nitrogens is 1. The maximum Gasteiger partial charge on any atom is 0.127 e. The van der Waals surface area contributed by atoms with E-state index in [9.17, 15) is 5.26 Å². The van der Waals surface area contributed by atoms with Crippen molar-refractivity contribution in [2.24, 2.45) is 0 Å². The van der Waals surface area contributed by atoms with E-state index < -0.39 is 0 Å². The molecule has 1 heterocycles. The van der Waals surface area contributed by atoms with E-state index in [0.29, 0.717) is 27.7 Å². The lowest BCUT2D eigenvalue weighted by Crippen LogP contribution is -1.95. The lowest BCUT2D eigenvalue weighted by atomic mass is 9.96. The molecule has 0 radical (unpaired) electrons. The average molecular weight is 276 g/mol. The number of benzene rings is 1. The molecular weight excluding hydrogens is 262 g/mol. The zero-order valence-electron chi connectivity index (χ0n) is 11.0. The van der Waals surface area contributed by atoms with E-state index in [2.05, 4.69) is 11.1 Å². The maximum atomic E-state index is 9.20. The topological polar surface area (TPSA) is 74.8 Å². The van der Waals surface area contributed by atoms with Gasteiger partial charge < -0.3 is 15.5 Å². The number of aryl methyl sites for hydroxylation is 1. The summed E-state index contributed by atoms with van der Waals surface area (Å²) in [6, 6.07) is 3.96. The first-order valence-corrected chi connectivity index (χ1v) is 6.10. The first kappa shape index (κ1) is 13.3. The van der Waals surface area contributed by atoms with E-state index in [4.69, 9.17) is 22.1 Å². The SMILES string of the molecule is COc1cc(C)c(Cl)c(C)c1-c1c[nH]c(N)c1C#N. The van der Waals surface area contributed by atoms with Crippen LogP contribution in [-0.4, -0.2) is 12.1 Å². The predicted octanol–water partition coefficient (Wildman–Crippen LogP) is 3.41. The number of nitrogen functional groups attached to an aromatic ring is 1. The van der Waals surface area contributed by atoms with Crippen LogP contribution in [0.2, 0.25) is 5.02 Å². The Morgan fingerprint density at radius 2 is 2.11 bits per heavy atom. The number of hydrogen-bond acceptors (Lipinski definition) is 3. The van der Waals surface area contributed by atoms with Gasteiger partial charge in [-0.05, 0) is 31.0 Å². The number of rotatable bonds is 2. The Labute approximate surface area is 116 Å². The second-order valence-corrected chi connectivity index (χ2v) is 4.69. The van der Waals surface area contributed by atoms with Gasteiger partial charge in [0.15, 0.2) is 0 Å². The lowest BCUT2D eigenvalue weighted by molar-refractivity contribution is 0.416. The van der Waals surface area contributed by atoms with Crippen LogP contribution < -0.4 is 10.5 Å². The van der Waals surface area contributed by atoms with Crippen LogP contribution in [0.5, 0.6) is 5.75 Å². The molecule has 98 valence electrons. The van der Waals surface area contributed by atoms with Gasteiger partial charge in [-0.3, -0.25) is 0 Å². The van der Waals surface area contributed by atoms with Crippen LogP contribution in [0.15, 0.2) is 12.3 Å². The van der Waals surface area contributed by atoms with Crippen LogP contribution in [0.1, 0.15) is 16.7 Å². The highest BCUT2D eigenvalue weighted by Gasteiger charge is 2.19. The van der Waals surface area contributed by atoms with Crippen LogP contribution in [0.25, 0.3) is 11.1 Å². The Morgan fingerprint density at radius 1 is 1.42 bits per heavy atom. The molecule has 0 fully saturated rings. The van der Waals surface area contributed by atoms with E-state index >= 15 is 0 Å². The highest BCUT2D eigenvalue weighted by Crippen LogP contribution is 2.41. The number of hydrogen-bond donors (Lipinski definition) is 2. The van der Waals surface area contributed by atoms with Crippen LogP contribution in [-0.2, 0) is 0 Å². The molecule has 0 amide bonds. The van der Waals surface area contributed by atoms with Crippen LogP contribution in [0.4, 0.5) is 5.82 Å². The minimum Gasteiger partial charge on any atom is -0.496 e. The van der Waals surface area contributed by atoms with Gasteiger partial charge in [-0.25, -0.2) is 0 Å². The number of aromatic amines is 1. The zero-order valence-corrected chi connectivity index (χ0v) is 11.7. The standard InChI is InChI=1S/C14H14ClN3O/c1-7-4-11(19-3)12(8(2)13(7)15)10-6-18-14(17)9(10)5-16/h4,6,18H,17H2,1-3H3. The molecule has 0 atom stereocenters. The zero-order chi connectivity index (χ0) is 14.2. The number of anilines is 1. The molecular formula is C14H14ClN3O. The van der Waals surface area contributed by atoms with Crippen LogP contribution in [0, 0.1) is 25.2 Å². The van der Waals surface area contributed by atoms with Gasteiger partial charge in [0.1, 0.15) is 23.2 Å². The van der Waals surface area contributed by atoms with Gasteiger partial charge >= 0.3 is 0 Å². The molecule has 0 aliphatic carbocycles. The summed E-state index contributed by atoms with van der Waals surface area (Å²) in [4.78, 5) is 2.86. The Kier molecular flexibility index (Phi) is 3.41. The van der Waals surface area contributed by atoms with E-state index in [0.717, 1.165) is 16.7 Å². The molecule has 0 unspecified atom stereocenters. The van der Waals surface area contributed by atoms with Gasteiger partial charge in [-0.1, -0.05) is 11.6 Å². The fourth-order valence-corrected chi connectivity index (χ4v) is 2.32. The minimum atomic E-state index is 0.343. The number of nitrogens with two attached hydrogens (primary N) is 1. The number of nitrogens with one attached hydrogen (secondary N) is 1. The van der Waals surface area contributed by atoms with Gasteiger partial charge in [0.05, 0.1) is 7.11 Å². The number of aromatic nitrogens is 1. The van der Waals surface area contributed by atoms with E-state index in [1.807, 2.05) is 19.9 Å². The molecule has 1 aromatic heterocycles. The fourth-order valence-electron chi connectivity index (χ4n) is 2.18. The van der Waals surface area contributed by atoms with Crippen molar-refractivity contribution in [3.8, 4) is 22.9 Å². The summed E-state index contributed by atoms with van der Waals surface area (Å²) in [6.45, 7) is 3.82. The molecule has 4 nitrogen and oxygen atoms in total. The van der Waals surface area contributed by atoms with Gasteiger partial charge in [-0.15, -0.1) is 0 Å². The number of nitrogens with zero attached hydrogens (tertiary/aromatic N) is 1. The molecule has 2 aromatic rings. The van der Waals surface area contributed by atoms with Gasteiger partial charge in [-0.2, -0.15) is 5.26 Å². The Morgan fingerprint density at radius 3 is 2.68 bits per heavy atom.